The van der Waals surface area contributed by atoms with Gasteiger partial charge in [0, 0.05) is 26.1 Å². The van der Waals surface area contributed by atoms with Crippen LogP contribution >= 0.6 is 0 Å². The molecule has 5 nitrogen and oxygen atoms in total. The van der Waals surface area contributed by atoms with Crippen LogP contribution in [0.5, 0.6) is 0 Å². The van der Waals surface area contributed by atoms with Gasteiger partial charge in [0.1, 0.15) is 6.04 Å². The first kappa shape index (κ1) is 17.0. The average Bonchev–Trinajstić information content (AvgIpc) is 3.11. The number of nitrogens with zero attached hydrogens (tertiary/aromatic N) is 1. The SMILES string of the molecule is O=C(NCC[C@@H]1CCCO1)[C@H](c1ccccc1)N1CCCCC1=O. The molecule has 1 N–H and O–H groups in total. The highest BCUT2D eigenvalue weighted by Crippen LogP contribution is 2.26. The standard InChI is InChI=1S/C19H26N2O3/c22-17-10-4-5-13-21(17)18(15-7-2-1-3-8-15)19(23)20-12-11-16-9-6-14-24-16/h1-3,7-8,16,18H,4-6,9-14H2,(H,20,23)/t16-,18-/m0/s1. The number of hydrogen-bond acceptors (Lipinski definition) is 3. The molecule has 2 saturated heterocycles. The molecular formula is C19H26N2O3. The van der Waals surface area contributed by atoms with E-state index >= 15 is 0 Å². The van der Waals surface area contributed by atoms with Gasteiger partial charge in [0.05, 0.1) is 6.10 Å². The van der Waals surface area contributed by atoms with Crippen molar-refractivity contribution >= 4 is 11.8 Å². The predicted octanol–water partition coefficient (Wildman–Crippen LogP) is 2.43. The molecule has 2 amide bonds. The van der Waals surface area contributed by atoms with Crippen LogP contribution in [0.2, 0.25) is 0 Å². The molecule has 0 unspecified atom stereocenters. The Morgan fingerprint density at radius 3 is 2.79 bits per heavy atom. The minimum absolute atomic E-state index is 0.0735. The van der Waals surface area contributed by atoms with Crippen molar-refractivity contribution in [2.24, 2.45) is 0 Å². The van der Waals surface area contributed by atoms with E-state index in [1.807, 2.05) is 30.3 Å². The zero-order chi connectivity index (χ0) is 16.8. The summed E-state index contributed by atoms with van der Waals surface area (Å²) < 4.78 is 5.60. The van der Waals surface area contributed by atoms with Gasteiger partial charge in [-0.1, -0.05) is 30.3 Å². The summed E-state index contributed by atoms with van der Waals surface area (Å²) in [5.41, 5.74) is 0.877. The van der Waals surface area contributed by atoms with E-state index in [0.29, 0.717) is 19.5 Å². The number of benzene rings is 1. The van der Waals surface area contributed by atoms with Crippen LogP contribution in [0, 0.1) is 0 Å². The van der Waals surface area contributed by atoms with Gasteiger partial charge in [-0.05, 0) is 37.7 Å². The Kier molecular flexibility index (Phi) is 5.86. The lowest BCUT2D eigenvalue weighted by Crippen LogP contribution is -2.46. The molecule has 0 radical (unpaired) electrons. The largest absolute Gasteiger partial charge is 0.378 e. The van der Waals surface area contributed by atoms with Gasteiger partial charge in [0.2, 0.25) is 11.8 Å². The molecule has 0 bridgehead atoms. The number of carbonyl (C=O) groups excluding carboxylic acids is 2. The van der Waals surface area contributed by atoms with E-state index in [2.05, 4.69) is 5.32 Å². The summed E-state index contributed by atoms with van der Waals surface area (Å²) in [4.78, 5) is 26.9. The van der Waals surface area contributed by atoms with Crippen LogP contribution in [-0.4, -0.2) is 42.5 Å². The molecule has 0 saturated carbocycles. The average molecular weight is 330 g/mol. The zero-order valence-electron chi connectivity index (χ0n) is 14.1. The Labute approximate surface area is 143 Å². The second-order valence-electron chi connectivity index (χ2n) is 6.57. The molecule has 2 heterocycles. The van der Waals surface area contributed by atoms with E-state index in [-0.39, 0.29) is 17.9 Å². The molecule has 24 heavy (non-hydrogen) atoms. The lowest BCUT2D eigenvalue weighted by molar-refractivity contribution is -0.142. The summed E-state index contributed by atoms with van der Waals surface area (Å²) in [7, 11) is 0. The minimum atomic E-state index is -0.525. The van der Waals surface area contributed by atoms with Crippen molar-refractivity contribution in [3.63, 3.8) is 0 Å². The lowest BCUT2D eigenvalue weighted by Gasteiger charge is -2.34. The van der Waals surface area contributed by atoms with Crippen LogP contribution in [0.1, 0.15) is 50.1 Å². The third kappa shape index (κ3) is 4.15. The minimum Gasteiger partial charge on any atom is -0.378 e. The molecule has 2 atom stereocenters. The Balaban J connectivity index is 1.66. The predicted molar refractivity (Wildman–Crippen MR) is 91.3 cm³/mol. The van der Waals surface area contributed by atoms with Crippen LogP contribution in [-0.2, 0) is 14.3 Å². The normalized spacial score (nSPS) is 22.4. The Morgan fingerprint density at radius 2 is 2.08 bits per heavy atom. The first-order valence-corrected chi connectivity index (χ1v) is 8.99. The van der Waals surface area contributed by atoms with E-state index < -0.39 is 6.04 Å². The van der Waals surface area contributed by atoms with Crippen LogP contribution < -0.4 is 5.32 Å². The summed E-state index contributed by atoms with van der Waals surface area (Å²) in [6, 6.07) is 9.07. The van der Waals surface area contributed by atoms with Gasteiger partial charge in [0.15, 0.2) is 0 Å². The van der Waals surface area contributed by atoms with Crippen LogP contribution in [0.15, 0.2) is 30.3 Å². The van der Waals surface area contributed by atoms with Crippen molar-refractivity contribution in [3.05, 3.63) is 35.9 Å². The maximum Gasteiger partial charge on any atom is 0.247 e. The fourth-order valence-corrected chi connectivity index (χ4v) is 3.53. The molecule has 1 aromatic rings. The van der Waals surface area contributed by atoms with Crippen LogP contribution in [0.3, 0.4) is 0 Å². The van der Waals surface area contributed by atoms with Crippen molar-refractivity contribution in [1.82, 2.24) is 10.2 Å². The number of amides is 2. The van der Waals surface area contributed by atoms with Gasteiger partial charge in [-0.25, -0.2) is 0 Å². The van der Waals surface area contributed by atoms with Gasteiger partial charge >= 0.3 is 0 Å². The summed E-state index contributed by atoms with van der Waals surface area (Å²) >= 11 is 0. The smallest absolute Gasteiger partial charge is 0.247 e. The Bertz CT molecular complexity index is 555. The van der Waals surface area contributed by atoms with Crippen molar-refractivity contribution in [2.75, 3.05) is 19.7 Å². The molecular weight excluding hydrogens is 304 g/mol. The number of piperidine rings is 1. The van der Waals surface area contributed by atoms with Gasteiger partial charge in [-0.2, -0.15) is 0 Å². The van der Waals surface area contributed by atoms with Crippen molar-refractivity contribution in [2.45, 2.75) is 50.7 Å². The van der Waals surface area contributed by atoms with Gasteiger partial charge in [0.25, 0.3) is 0 Å². The number of ether oxygens (including phenoxy) is 1. The maximum absolute atomic E-state index is 12.8. The molecule has 0 spiro atoms. The summed E-state index contributed by atoms with van der Waals surface area (Å²) in [6.07, 6.45) is 5.68. The second kappa shape index (κ2) is 8.29. The van der Waals surface area contributed by atoms with E-state index in [9.17, 15) is 9.59 Å². The third-order valence-electron chi connectivity index (χ3n) is 4.82. The van der Waals surface area contributed by atoms with E-state index in [0.717, 1.165) is 44.3 Å². The Morgan fingerprint density at radius 1 is 1.25 bits per heavy atom. The van der Waals surface area contributed by atoms with Crippen LogP contribution in [0.25, 0.3) is 0 Å². The number of carbonyl (C=O) groups is 2. The fraction of sp³-hybridized carbons (Fsp3) is 0.579. The fourth-order valence-electron chi connectivity index (χ4n) is 3.53. The first-order chi connectivity index (χ1) is 11.8. The monoisotopic (exact) mass is 330 g/mol. The maximum atomic E-state index is 12.8. The molecule has 0 aliphatic carbocycles. The van der Waals surface area contributed by atoms with Crippen LogP contribution in [0.4, 0.5) is 0 Å². The number of nitrogens with one attached hydrogen (secondary N) is 1. The molecule has 3 rings (SSSR count). The van der Waals surface area contributed by atoms with Crippen molar-refractivity contribution < 1.29 is 14.3 Å². The lowest BCUT2D eigenvalue weighted by atomic mass is 10.0. The quantitative estimate of drug-likeness (QED) is 0.871. The molecule has 1 aromatic carbocycles. The number of hydrogen-bond donors (Lipinski definition) is 1. The van der Waals surface area contributed by atoms with E-state index in [4.69, 9.17) is 4.74 Å². The van der Waals surface area contributed by atoms with Crippen molar-refractivity contribution in [3.8, 4) is 0 Å². The van der Waals surface area contributed by atoms with Gasteiger partial charge < -0.3 is 15.0 Å². The molecule has 2 fully saturated rings. The van der Waals surface area contributed by atoms with Gasteiger partial charge in [-0.15, -0.1) is 0 Å². The van der Waals surface area contributed by atoms with E-state index in [1.165, 1.54) is 0 Å². The number of rotatable bonds is 6. The number of likely N-dealkylation sites (tertiary alicyclic amines) is 1. The Hall–Kier alpha value is -1.88. The molecule has 130 valence electrons. The van der Waals surface area contributed by atoms with E-state index in [1.54, 1.807) is 4.90 Å². The molecule has 2 aliphatic rings. The highest BCUT2D eigenvalue weighted by atomic mass is 16.5. The topological polar surface area (TPSA) is 58.6 Å². The second-order valence-corrected chi connectivity index (χ2v) is 6.57. The molecule has 2 aliphatic heterocycles. The summed E-state index contributed by atoms with van der Waals surface area (Å²) in [5.74, 6) is -0.0150. The van der Waals surface area contributed by atoms with Gasteiger partial charge in [-0.3, -0.25) is 9.59 Å². The van der Waals surface area contributed by atoms with Crippen molar-refractivity contribution in [1.29, 1.82) is 0 Å². The highest BCUT2D eigenvalue weighted by molar-refractivity contribution is 5.89. The highest BCUT2D eigenvalue weighted by Gasteiger charge is 2.32. The summed E-state index contributed by atoms with van der Waals surface area (Å²) in [6.45, 7) is 2.07. The molecule has 0 aromatic heterocycles. The summed E-state index contributed by atoms with van der Waals surface area (Å²) in [5, 5.41) is 3.01. The first-order valence-electron chi connectivity index (χ1n) is 8.99. The third-order valence-corrected chi connectivity index (χ3v) is 4.82. The molecule has 5 heteroatoms. The zero-order valence-corrected chi connectivity index (χ0v) is 14.1.